The van der Waals surface area contributed by atoms with Gasteiger partial charge in [-0.3, -0.25) is 0 Å². The average molecular weight is 357 g/mol. The van der Waals surface area contributed by atoms with Crippen LogP contribution in [0.25, 0.3) is 0 Å². The third kappa shape index (κ3) is 3.68. The highest BCUT2D eigenvalue weighted by Gasteiger charge is 2.40. The summed E-state index contributed by atoms with van der Waals surface area (Å²) in [6.45, 7) is 0. The monoisotopic (exact) mass is 357 g/mol. The normalized spacial score (nSPS) is 12.7. The number of aromatic nitrogens is 1. The molecule has 0 aromatic carbocycles. The molecule has 0 bridgehead atoms. The van der Waals surface area contributed by atoms with Gasteiger partial charge in [0, 0.05) is 9.77 Å². The molecule has 0 aliphatic carbocycles. The Labute approximate surface area is 98.7 Å². The van der Waals surface area contributed by atoms with Crippen LogP contribution in [0, 0.1) is 3.57 Å². The van der Waals surface area contributed by atoms with Gasteiger partial charge in [0.05, 0.1) is 0 Å². The number of ether oxygens (including phenoxy) is 1. The second kappa shape index (κ2) is 4.26. The summed E-state index contributed by atoms with van der Waals surface area (Å²) in [6, 6.07) is 0.522. The van der Waals surface area contributed by atoms with Gasteiger partial charge < -0.3 is 4.74 Å². The topological polar surface area (TPSA) is 22.1 Å². The highest BCUT2D eigenvalue weighted by atomic mass is 127. The van der Waals surface area contributed by atoms with Gasteiger partial charge in [0.2, 0.25) is 5.88 Å². The van der Waals surface area contributed by atoms with E-state index in [2.05, 4.69) is 9.72 Å². The molecule has 0 radical (unpaired) electrons. The molecule has 0 unspecified atom stereocenters. The van der Waals surface area contributed by atoms with E-state index in [1.54, 1.807) is 0 Å². The number of hydrogen-bond acceptors (Lipinski definition) is 2. The lowest BCUT2D eigenvalue weighted by atomic mass is 10.2. The predicted octanol–water partition coefficient (Wildman–Crippen LogP) is 3.60. The molecule has 0 atom stereocenters. The van der Waals surface area contributed by atoms with Crippen molar-refractivity contribution >= 4 is 22.6 Å². The molecular formula is C7H2F6INO. The maximum Gasteiger partial charge on any atom is 0.574 e. The maximum absolute atomic E-state index is 12.3. The zero-order valence-corrected chi connectivity index (χ0v) is 9.31. The Morgan fingerprint density at radius 3 is 2.12 bits per heavy atom. The average Bonchev–Trinajstić information content (AvgIpc) is 2.04. The van der Waals surface area contributed by atoms with Gasteiger partial charge in [-0.15, -0.1) is 13.2 Å². The molecule has 1 aromatic heterocycles. The molecule has 16 heavy (non-hydrogen) atoms. The lowest BCUT2D eigenvalue weighted by Gasteiger charge is -2.14. The number of alkyl halides is 6. The van der Waals surface area contributed by atoms with Gasteiger partial charge in [-0.2, -0.15) is 13.2 Å². The molecule has 9 heteroatoms. The fourth-order valence-corrected chi connectivity index (χ4v) is 1.27. The molecule has 0 amide bonds. The van der Waals surface area contributed by atoms with E-state index in [1.807, 2.05) is 0 Å². The van der Waals surface area contributed by atoms with Crippen LogP contribution in [-0.2, 0) is 6.18 Å². The van der Waals surface area contributed by atoms with Crippen LogP contribution in [0.4, 0.5) is 26.3 Å². The van der Waals surface area contributed by atoms with Crippen LogP contribution in [0.1, 0.15) is 5.56 Å². The van der Waals surface area contributed by atoms with Crippen LogP contribution in [-0.4, -0.2) is 11.3 Å². The Morgan fingerprint density at radius 1 is 1.12 bits per heavy atom. The zero-order valence-electron chi connectivity index (χ0n) is 7.16. The van der Waals surface area contributed by atoms with Crippen molar-refractivity contribution < 1.29 is 31.1 Å². The number of halogens is 7. The molecular weight excluding hydrogens is 355 g/mol. The van der Waals surface area contributed by atoms with Crippen molar-refractivity contribution in [2.24, 2.45) is 0 Å². The number of pyridine rings is 1. The number of rotatable bonds is 1. The molecule has 0 N–H and O–H groups in total. The minimum Gasteiger partial charge on any atom is -0.387 e. The van der Waals surface area contributed by atoms with Crippen LogP contribution in [0.3, 0.4) is 0 Å². The van der Waals surface area contributed by atoms with E-state index in [9.17, 15) is 26.3 Å². The SMILES string of the molecule is FC(F)(F)Oc1ncc(I)cc1C(F)(F)F. The van der Waals surface area contributed by atoms with Crippen LogP contribution in [0.5, 0.6) is 5.88 Å². The van der Waals surface area contributed by atoms with Gasteiger partial charge in [-0.05, 0) is 28.7 Å². The summed E-state index contributed by atoms with van der Waals surface area (Å²) >= 11 is 1.50. The van der Waals surface area contributed by atoms with Crippen molar-refractivity contribution in [1.29, 1.82) is 0 Å². The quantitative estimate of drug-likeness (QED) is 0.566. The second-order valence-electron chi connectivity index (χ2n) is 2.55. The minimum atomic E-state index is -5.21. The maximum atomic E-state index is 12.3. The van der Waals surface area contributed by atoms with Gasteiger partial charge in [-0.1, -0.05) is 0 Å². The van der Waals surface area contributed by atoms with E-state index in [1.165, 1.54) is 22.6 Å². The summed E-state index contributed by atoms with van der Waals surface area (Å²) < 4.78 is 75.5. The molecule has 2 nitrogen and oxygen atoms in total. The number of nitrogens with zero attached hydrogens (tertiary/aromatic N) is 1. The smallest absolute Gasteiger partial charge is 0.387 e. The molecule has 1 heterocycles. The Kier molecular flexibility index (Phi) is 3.55. The fourth-order valence-electron chi connectivity index (χ4n) is 0.821. The molecule has 1 rings (SSSR count). The van der Waals surface area contributed by atoms with Crippen molar-refractivity contribution in [3.8, 4) is 5.88 Å². The Balaban J connectivity index is 3.19. The van der Waals surface area contributed by atoms with E-state index in [-0.39, 0.29) is 3.57 Å². The van der Waals surface area contributed by atoms with E-state index in [4.69, 9.17) is 0 Å². The fraction of sp³-hybridized carbons (Fsp3) is 0.286. The summed E-state index contributed by atoms with van der Waals surface area (Å²) in [7, 11) is 0. The van der Waals surface area contributed by atoms with E-state index < -0.39 is 24.0 Å². The Hall–Kier alpha value is -0.740. The van der Waals surface area contributed by atoms with Crippen molar-refractivity contribution in [3.63, 3.8) is 0 Å². The summed E-state index contributed by atoms with van der Waals surface area (Å²) in [4.78, 5) is 2.96. The summed E-state index contributed by atoms with van der Waals surface area (Å²) in [5, 5.41) is 0. The van der Waals surface area contributed by atoms with Crippen LogP contribution >= 0.6 is 22.6 Å². The van der Waals surface area contributed by atoms with E-state index in [0.29, 0.717) is 6.07 Å². The van der Waals surface area contributed by atoms with Crippen molar-refractivity contribution in [3.05, 3.63) is 21.4 Å². The lowest BCUT2D eigenvalue weighted by molar-refractivity contribution is -0.277. The Bertz CT molecular complexity index is 387. The highest BCUT2D eigenvalue weighted by molar-refractivity contribution is 14.1. The first-order chi connectivity index (χ1) is 7.09. The standard InChI is InChI=1S/C7H2F6INO/c8-6(9,10)4-1-3(14)2-15-5(4)16-7(11,12)13/h1-2H. The Morgan fingerprint density at radius 2 is 1.69 bits per heavy atom. The van der Waals surface area contributed by atoms with Crippen molar-refractivity contribution in [1.82, 2.24) is 4.98 Å². The first-order valence-corrected chi connectivity index (χ1v) is 4.66. The third-order valence-electron chi connectivity index (χ3n) is 1.34. The zero-order chi connectivity index (χ0) is 12.6. The van der Waals surface area contributed by atoms with E-state index in [0.717, 1.165) is 6.20 Å². The van der Waals surface area contributed by atoms with Crippen LogP contribution in [0.2, 0.25) is 0 Å². The van der Waals surface area contributed by atoms with Crippen LogP contribution < -0.4 is 4.74 Å². The lowest BCUT2D eigenvalue weighted by Crippen LogP contribution is -2.21. The minimum absolute atomic E-state index is 0.0550. The number of hydrogen-bond donors (Lipinski definition) is 0. The van der Waals surface area contributed by atoms with Crippen LogP contribution in [0.15, 0.2) is 12.3 Å². The van der Waals surface area contributed by atoms with Crippen molar-refractivity contribution in [2.75, 3.05) is 0 Å². The molecule has 0 saturated heterocycles. The molecule has 0 saturated carbocycles. The molecule has 0 aliphatic rings. The van der Waals surface area contributed by atoms with Crippen molar-refractivity contribution in [2.45, 2.75) is 12.5 Å². The molecule has 90 valence electrons. The van der Waals surface area contributed by atoms with Gasteiger partial charge >= 0.3 is 12.5 Å². The highest BCUT2D eigenvalue weighted by Crippen LogP contribution is 2.37. The van der Waals surface area contributed by atoms with Gasteiger partial charge in [-0.25, -0.2) is 4.98 Å². The molecule has 0 spiro atoms. The molecule has 0 aliphatic heterocycles. The molecule has 0 fully saturated rings. The van der Waals surface area contributed by atoms with Gasteiger partial charge in [0.25, 0.3) is 0 Å². The first kappa shape index (κ1) is 13.3. The molecule has 1 aromatic rings. The van der Waals surface area contributed by atoms with Gasteiger partial charge in [0.15, 0.2) is 0 Å². The third-order valence-corrected chi connectivity index (χ3v) is 1.93. The van der Waals surface area contributed by atoms with Gasteiger partial charge in [0.1, 0.15) is 5.56 Å². The predicted molar refractivity (Wildman–Crippen MR) is 48.6 cm³/mol. The van der Waals surface area contributed by atoms with E-state index >= 15 is 0 Å². The second-order valence-corrected chi connectivity index (χ2v) is 3.80. The summed E-state index contributed by atoms with van der Waals surface area (Å²) in [5.41, 5.74) is -1.56. The first-order valence-electron chi connectivity index (χ1n) is 3.58. The summed E-state index contributed by atoms with van der Waals surface area (Å²) in [6.07, 6.45) is -9.31. The largest absolute Gasteiger partial charge is 0.574 e. The summed E-state index contributed by atoms with van der Waals surface area (Å²) in [5.74, 6) is -1.50.